The monoisotopic (exact) mass is 562 g/mol. The summed E-state index contributed by atoms with van der Waals surface area (Å²) in [6, 6.07) is 4.14. The Balaban J connectivity index is 1.64. The third kappa shape index (κ3) is 4.96. The molecule has 0 aliphatic heterocycles. The summed E-state index contributed by atoms with van der Waals surface area (Å²) < 4.78 is 80.5. The number of aliphatic hydroxyl groups is 1. The maximum absolute atomic E-state index is 13.9. The first-order valence-electron chi connectivity index (χ1n) is 14.3. The van der Waals surface area contributed by atoms with Gasteiger partial charge in [0.05, 0.1) is 42.4 Å². The highest BCUT2D eigenvalue weighted by Gasteiger charge is 2.35. The number of nitrogens with zero attached hydrogens (tertiary/aromatic N) is 4. The molecule has 3 N–H and O–H groups in total. The van der Waals surface area contributed by atoms with Crippen molar-refractivity contribution in [3.8, 4) is 0 Å². The molecule has 1 aliphatic rings. The molecular formula is C27H29F3N6O4. The summed E-state index contributed by atoms with van der Waals surface area (Å²) in [7, 11) is 1.15. The Morgan fingerprint density at radius 1 is 1.20 bits per heavy atom. The molecule has 1 amide bonds. The van der Waals surface area contributed by atoms with Crippen molar-refractivity contribution >= 4 is 39.7 Å². The molecule has 10 nitrogen and oxygen atoms in total. The third-order valence-electron chi connectivity index (χ3n) is 6.91. The van der Waals surface area contributed by atoms with Gasteiger partial charge in [-0.1, -0.05) is 12.1 Å². The van der Waals surface area contributed by atoms with Crippen LogP contribution in [0.15, 0.2) is 41.3 Å². The topological polar surface area (TPSA) is 123 Å². The maximum atomic E-state index is 13.9. The van der Waals surface area contributed by atoms with Gasteiger partial charge in [-0.3, -0.25) is 9.13 Å². The fourth-order valence-corrected chi connectivity index (χ4v) is 5.08. The molecule has 1 saturated carbocycles. The molecule has 0 unspecified atom stereocenters. The predicted molar refractivity (Wildman–Crippen MR) is 142 cm³/mol. The van der Waals surface area contributed by atoms with Gasteiger partial charge in [0.25, 0.3) is 0 Å². The Kier molecular flexibility index (Phi) is 5.56. The maximum Gasteiger partial charge on any atom is 0.418 e. The van der Waals surface area contributed by atoms with E-state index in [1.54, 1.807) is 0 Å². The molecule has 1 aliphatic carbocycles. The van der Waals surface area contributed by atoms with E-state index in [-0.39, 0.29) is 52.9 Å². The molecule has 0 spiro atoms. The van der Waals surface area contributed by atoms with Gasteiger partial charge < -0.3 is 20.5 Å². The number of rotatable bonds is 5. The zero-order valence-corrected chi connectivity index (χ0v) is 21.8. The SMILES string of the molecule is [2H]C([2H])([2H])n1c(=O)n([C@@H]2CC[C@]([2H])(NC(=O)OC)C2)c2cc(Nc3cc(C(C)(C)O)c4cccc(C(F)(F)F)c4n3)ncc21. The number of para-hydroxylation sites is 1. The first-order chi connectivity index (χ1) is 20.3. The largest absolute Gasteiger partial charge is 0.453 e. The molecular weight excluding hydrogens is 529 g/mol. The Morgan fingerprint density at radius 3 is 2.65 bits per heavy atom. The highest BCUT2D eigenvalue weighted by Crippen LogP contribution is 2.38. The molecule has 4 aromatic rings. The van der Waals surface area contributed by atoms with Gasteiger partial charge in [-0.25, -0.2) is 19.6 Å². The van der Waals surface area contributed by atoms with E-state index >= 15 is 0 Å². The lowest BCUT2D eigenvalue weighted by molar-refractivity contribution is -0.136. The Bertz CT molecular complexity index is 1830. The van der Waals surface area contributed by atoms with Crippen molar-refractivity contribution in [2.24, 2.45) is 6.98 Å². The molecule has 13 heteroatoms. The number of amides is 1. The Labute approximate surface area is 232 Å². The van der Waals surface area contributed by atoms with E-state index in [4.69, 9.17) is 5.48 Å². The summed E-state index contributed by atoms with van der Waals surface area (Å²) in [5.74, 6) is -0.0644. The number of aromatic nitrogens is 4. The number of nitrogens with one attached hydrogen (secondary N) is 2. The van der Waals surface area contributed by atoms with E-state index < -0.39 is 53.7 Å². The minimum Gasteiger partial charge on any atom is -0.453 e. The number of hydrogen-bond donors (Lipinski definition) is 3. The summed E-state index contributed by atoms with van der Waals surface area (Å²) in [6.45, 7) is -0.0294. The van der Waals surface area contributed by atoms with Crippen molar-refractivity contribution in [2.45, 2.75) is 56.9 Å². The van der Waals surface area contributed by atoms with Gasteiger partial charge in [-0.15, -0.1) is 0 Å². The number of alkyl halides is 3. The molecule has 1 aromatic carbocycles. The van der Waals surface area contributed by atoms with Crippen LogP contribution in [0.3, 0.4) is 0 Å². The minimum absolute atomic E-state index is 0.0230. The fourth-order valence-electron chi connectivity index (χ4n) is 5.08. The molecule has 2 atom stereocenters. The molecule has 3 aromatic heterocycles. The third-order valence-corrected chi connectivity index (χ3v) is 6.91. The normalized spacial score (nSPS) is 21.5. The van der Waals surface area contributed by atoms with Gasteiger partial charge in [0.2, 0.25) is 0 Å². The molecule has 0 saturated heterocycles. The summed E-state index contributed by atoms with van der Waals surface area (Å²) in [5.41, 5.74) is -3.57. The zero-order valence-electron chi connectivity index (χ0n) is 25.8. The summed E-state index contributed by atoms with van der Waals surface area (Å²) in [5, 5.41) is 16.2. The van der Waals surface area contributed by atoms with E-state index in [9.17, 15) is 27.9 Å². The second-order valence-corrected chi connectivity index (χ2v) is 10.1. The van der Waals surface area contributed by atoms with Crippen molar-refractivity contribution in [1.82, 2.24) is 24.4 Å². The molecule has 0 radical (unpaired) electrons. The number of pyridine rings is 2. The average molecular weight is 563 g/mol. The molecule has 5 rings (SSSR count). The number of halogens is 3. The van der Waals surface area contributed by atoms with Crippen LogP contribution in [0.4, 0.5) is 29.6 Å². The highest BCUT2D eigenvalue weighted by molar-refractivity contribution is 5.88. The van der Waals surface area contributed by atoms with Crippen LogP contribution in [-0.2, 0) is 23.5 Å². The summed E-state index contributed by atoms with van der Waals surface area (Å²) >= 11 is 0. The number of anilines is 2. The zero-order chi connectivity index (χ0) is 32.4. The standard InChI is InChI=1S/C27H29F3N6O4/c1-26(2,39)18-11-22(34-23-16(18)6-5-7-17(23)27(28,29)30)33-21-12-19-20(13-31-21)35(3)25(38)36(19)15-9-8-14(10-15)32-24(37)40-4/h5-7,11-15,39H,8-10H2,1-4H3,(H,32,37)(H,31,33,34)/t14-,15+/m0/s1/i3D3,14D. The van der Waals surface area contributed by atoms with Gasteiger partial charge in [0.15, 0.2) is 0 Å². The predicted octanol–water partition coefficient (Wildman–Crippen LogP) is 4.72. The molecule has 212 valence electrons. The van der Waals surface area contributed by atoms with E-state index in [1.165, 1.54) is 42.7 Å². The van der Waals surface area contributed by atoms with Gasteiger partial charge in [0, 0.05) is 34.6 Å². The summed E-state index contributed by atoms with van der Waals surface area (Å²) in [4.78, 5) is 33.7. The number of hydrogen-bond acceptors (Lipinski definition) is 7. The quantitative estimate of drug-likeness (QED) is 0.322. The van der Waals surface area contributed by atoms with Crippen molar-refractivity contribution < 1.29 is 33.3 Å². The van der Waals surface area contributed by atoms with Crippen LogP contribution in [0.1, 0.15) is 55.8 Å². The van der Waals surface area contributed by atoms with Gasteiger partial charge in [-0.2, -0.15) is 13.2 Å². The fraction of sp³-hybridized carbons (Fsp3) is 0.407. The van der Waals surface area contributed by atoms with Crippen LogP contribution in [0.2, 0.25) is 0 Å². The van der Waals surface area contributed by atoms with Crippen LogP contribution < -0.4 is 16.3 Å². The lowest BCUT2D eigenvalue weighted by Crippen LogP contribution is -2.33. The lowest BCUT2D eigenvalue weighted by Gasteiger charge is -2.22. The van der Waals surface area contributed by atoms with Gasteiger partial charge in [0.1, 0.15) is 11.6 Å². The molecule has 40 heavy (non-hydrogen) atoms. The van der Waals surface area contributed by atoms with Crippen molar-refractivity contribution in [2.75, 3.05) is 12.4 Å². The van der Waals surface area contributed by atoms with E-state index in [1.807, 2.05) is 0 Å². The number of alkyl carbamates (subject to hydrolysis) is 1. The number of imidazole rings is 1. The summed E-state index contributed by atoms with van der Waals surface area (Å²) in [6.07, 6.45) is -4.04. The second kappa shape index (κ2) is 9.81. The van der Waals surface area contributed by atoms with Gasteiger partial charge in [-0.05, 0) is 50.8 Å². The number of ether oxygens (including phenoxy) is 1. The first kappa shape index (κ1) is 22.7. The van der Waals surface area contributed by atoms with Crippen LogP contribution >= 0.6 is 0 Å². The number of methoxy groups -OCH3 is 1. The van der Waals surface area contributed by atoms with Crippen LogP contribution in [0.25, 0.3) is 21.9 Å². The van der Waals surface area contributed by atoms with Crippen molar-refractivity contribution in [3.63, 3.8) is 0 Å². The highest BCUT2D eigenvalue weighted by atomic mass is 19.4. The molecule has 0 bridgehead atoms. The van der Waals surface area contributed by atoms with Gasteiger partial charge >= 0.3 is 18.0 Å². The molecule has 1 fully saturated rings. The van der Waals surface area contributed by atoms with E-state index in [0.29, 0.717) is 4.57 Å². The van der Waals surface area contributed by atoms with Crippen LogP contribution in [0.5, 0.6) is 0 Å². The first-order valence-corrected chi connectivity index (χ1v) is 12.3. The Hall–Kier alpha value is -4.13. The lowest BCUT2D eigenvalue weighted by atomic mass is 9.93. The van der Waals surface area contributed by atoms with Crippen molar-refractivity contribution in [1.29, 1.82) is 0 Å². The minimum atomic E-state index is -4.73. The second-order valence-electron chi connectivity index (χ2n) is 10.1. The number of carbonyl (C=O) groups excluding carboxylic acids is 1. The number of carbonyl (C=O) groups is 1. The average Bonchev–Trinajstić information content (AvgIpc) is 3.42. The number of fused-ring (bicyclic) bond motifs is 2. The van der Waals surface area contributed by atoms with Crippen molar-refractivity contribution in [3.05, 3.63) is 58.1 Å². The van der Waals surface area contributed by atoms with E-state index in [2.05, 4.69) is 25.3 Å². The van der Waals surface area contributed by atoms with Crippen LogP contribution in [-0.4, -0.2) is 43.4 Å². The molecule has 3 heterocycles. The number of aryl methyl sites for hydroxylation is 1. The number of benzene rings is 1. The smallest absolute Gasteiger partial charge is 0.418 e. The van der Waals surface area contributed by atoms with E-state index in [0.717, 1.165) is 19.4 Å². The van der Waals surface area contributed by atoms with Crippen LogP contribution in [0, 0.1) is 0 Å². The Morgan fingerprint density at radius 2 is 1.98 bits per heavy atom.